The van der Waals surface area contributed by atoms with Crippen LogP contribution in [0.2, 0.25) is 0 Å². The second-order valence-electron chi connectivity index (χ2n) is 18.4. The summed E-state index contributed by atoms with van der Waals surface area (Å²) in [6, 6.07) is 0. The zero-order chi connectivity index (χ0) is 31.6. The molecule has 6 fully saturated rings. The number of halogens is 2. The van der Waals surface area contributed by atoms with Crippen LogP contribution in [0.25, 0.3) is 0 Å². The van der Waals surface area contributed by atoms with Crippen LogP contribution in [0.15, 0.2) is 0 Å². The topological polar surface area (TPSA) is 0 Å². The Balaban J connectivity index is 1.74. The zero-order valence-corrected chi connectivity index (χ0v) is 33.7. The van der Waals surface area contributed by atoms with Crippen LogP contribution < -0.4 is 0 Å². The Kier molecular flexibility index (Phi) is 11.7. The van der Waals surface area contributed by atoms with Crippen LogP contribution in [0.4, 0.5) is 0 Å². The molecule has 0 aromatic rings. The van der Waals surface area contributed by atoms with Crippen molar-refractivity contribution in [3.05, 3.63) is 0 Å². The van der Waals surface area contributed by atoms with Crippen molar-refractivity contribution in [1.82, 2.24) is 0 Å². The molecule has 0 bridgehead atoms. The van der Waals surface area contributed by atoms with Gasteiger partial charge in [0.2, 0.25) is 0 Å². The van der Waals surface area contributed by atoms with E-state index in [2.05, 4.69) is 20.8 Å². The summed E-state index contributed by atoms with van der Waals surface area (Å²) >= 11 is 19.9. The summed E-state index contributed by atoms with van der Waals surface area (Å²) in [7, 11) is 0. The second kappa shape index (κ2) is 14.6. The molecule has 264 valence electrons. The average Bonchev–Trinajstić information content (AvgIpc) is 3.13. The molecule has 6 saturated carbocycles. The molecule has 0 atom stereocenters. The average molecular weight is 702 g/mol. The van der Waals surface area contributed by atoms with Crippen LogP contribution in [0, 0.1) is 5.92 Å². The Morgan fingerprint density at radius 3 is 0.644 bits per heavy atom. The summed E-state index contributed by atoms with van der Waals surface area (Å²) in [6.45, 7) is 8.51. The van der Waals surface area contributed by atoms with Crippen LogP contribution in [-0.4, -0.2) is 38.9 Å². The Bertz CT molecular complexity index is 774. The number of rotatable bonds is 9. The predicted octanol–water partition coefficient (Wildman–Crippen LogP) is 15.8. The molecule has 0 unspecified atom stereocenters. The number of hydrogen-bond acceptors (Lipinski definition) is 0. The van der Waals surface area contributed by atoms with Crippen LogP contribution in [0.5, 0.6) is 0 Å². The van der Waals surface area contributed by atoms with Crippen LogP contribution in [-0.2, 0) is 0 Å². The maximum absolute atomic E-state index is 9.95. The summed E-state index contributed by atoms with van der Waals surface area (Å²) in [6.07, 6.45) is 43.3. The van der Waals surface area contributed by atoms with Gasteiger partial charge in [0, 0.05) is 0 Å². The van der Waals surface area contributed by atoms with Gasteiger partial charge in [-0.25, -0.2) is 0 Å². The molecule has 0 heterocycles. The van der Waals surface area contributed by atoms with E-state index in [0.29, 0.717) is 5.92 Å². The first kappa shape index (κ1) is 36.2. The van der Waals surface area contributed by atoms with Crippen molar-refractivity contribution >= 4 is 34.4 Å². The Labute approximate surface area is 291 Å². The molecule has 0 aromatic heterocycles. The van der Waals surface area contributed by atoms with Crippen molar-refractivity contribution in [1.29, 1.82) is 0 Å². The van der Waals surface area contributed by atoms with Gasteiger partial charge in [-0.15, -0.1) is 0 Å². The molecule has 0 nitrogen and oxygen atoms in total. The van der Waals surface area contributed by atoms with Crippen molar-refractivity contribution in [3.8, 4) is 0 Å². The van der Waals surface area contributed by atoms with Gasteiger partial charge in [-0.3, -0.25) is 0 Å². The molecule has 0 amide bonds. The monoisotopic (exact) mass is 700 g/mol. The van der Waals surface area contributed by atoms with Crippen LogP contribution in [0.1, 0.15) is 213 Å². The molecular weight excluding hydrogens is 625 g/mol. The van der Waals surface area contributed by atoms with Gasteiger partial charge in [-0.05, 0) is 0 Å². The van der Waals surface area contributed by atoms with Gasteiger partial charge in [-0.1, -0.05) is 0 Å². The van der Waals surface area contributed by atoms with E-state index in [9.17, 15) is 22.5 Å². The second-order valence-corrected chi connectivity index (χ2v) is 34.4. The predicted molar refractivity (Wildman–Crippen MR) is 210 cm³/mol. The van der Waals surface area contributed by atoms with Crippen molar-refractivity contribution in [2.45, 2.75) is 252 Å². The van der Waals surface area contributed by atoms with Crippen molar-refractivity contribution in [2.75, 3.05) is 0 Å². The normalized spacial score (nSPS) is 30.7. The minimum absolute atomic E-state index is 0.137. The van der Waals surface area contributed by atoms with Gasteiger partial charge in [0.1, 0.15) is 0 Å². The molecule has 0 saturated heterocycles. The molecule has 0 aromatic carbocycles. The van der Waals surface area contributed by atoms with E-state index in [1.165, 1.54) is 193 Å². The van der Waals surface area contributed by atoms with Gasteiger partial charge >= 0.3 is 293 Å². The molecule has 0 N–H and O–H groups in total. The minimum atomic E-state index is -3.03. The fourth-order valence-electron chi connectivity index (χ4n) is 15.2. The SMILES string of the molecule is CC(C)C(C)(P(Cl)(C1CCCCC1)(C1CCCCC1)C1CCCCC1)P(Cl)(C1CCCCC1)(C1CCCCC1)C1CCCCC1. The third kappa shape index (κ3) is 5.28. The van der Waals surface area contributed by atoms with E-state index in [1.807, 2.05) is 0 Å². The van der Waals surface area contributed by atoms with Gasteiger partial charge in [-0.2, -0.15) is 0 Å². The van der Waals surface area contributed by atoms with E-state index in [1.54, 1.807) is 0 Å². The zero-order valence-electron chi connectivity index (χ0n) is 30.4. The first-order chi connectivity index (χ1) is 21.7. The van der Waals surface area contributed by atoms with E-state index >= 15 is 0 Å². The van der Waals surface area contributed by atoms with Crippen molar-refractivity contribution in [2.24, 2.45) is 5.92 Å². The third-order valence-corrected chi connectivity index (χ3v) is 44.2. The first-order valence-corrected chi connectivity index (χ1v) is 27.9. The van der Waals surface area contributed by atoms with Crippen LogP contribution >= 0.6 is 34.4 Å². The van der Waals surface area contributed by atoms with E-state index in [4.69, 9.17) is 0 Å². The molecule has 4 heteroatoms. The van der Waals surface area contributed by atoms with E-state index in [0.717, 1.165) is 34.0 Å². The Morgan fingerprint density at radius 1 is 0.356 bits per heavy atom. The molecule has 6 aliphatic rings. The van der Waals surface area contributed by atoms with Gasteiger partial charge in [0.15, 0.2) is 0 Å². The molecule has 45 heavy (non-hydrogen) atoms. The Morgan fingerprint density at radius 2 is 0.511 bits per heavy atom. The molecular formula is C41H76Cl2P2. The van der Waals surface area contributed by atoms with E-state index in [-0.39, 0.29) is 4.90 Å². The van der Waals surface area contributed by atoms with Gasteiger partial charge in [0.05, 0.1) is 0 Å². The summed E-state index contributed by atoms with van der Waals surface area (Å²) in [4.78, 5) is 0.137. The summed E-state index contributed by atoms with van der Waals surface area (Å²) in [5, 5.41) is 0. The summed E-state index contributed by atoms with van der Waals surface area (Å²) in [5.74, 6) is -5.46. The van der Waals surface area contributed by atoms with Crippen LogP contribution in [0.3, 0.4) is 0 Å². The summed E-state index contributed by atoms with van der Waals surface area (Å²) < 4.78 is 0. The molecule has 0 spiro atoms. The first-order valence-electron chi connectivity index (χ1n) is 21.2. The fraction of sp³-hybridized carbons (Fsp3) is 1.00. The quantitative estimate of drug-likeness (QED) is 0.210. The Hall–Kier alpha value is 1.44. The molecule has 0 radical (unpaired) electrons. The standard InChI is InChI=1S/C41H76Cl2P2/c1-34(2)41(3,44(42,35-22-10-4-11-23-35,36-24-12-5-13-25-36)37-26-14-6-15-27-37)45(43,38-28-16-7-17-29-38,39-30-18-8-19-31-39)40-32-20-9-21-33-40/h34-40H,4-33H2,1-3H3. The number of hydrogen-bond donors (Lipinski definition) is 0. The maximum atomic E-state index is 9.95. The van der Waals surface area contributed by atoms with Crippen molar-refractivity contribution < 1.29 is 0 Å². The molecule has 6 rings (SSSR count). The van der Waals surface area contributed by atoms with Crippen molar-refractivity contribution in [3.63, 3.8) is 0 Å². The fourth-order valence-corrected chi connectivity index (χ4v) is 48.4. The summed E-state index contributed by atoms with van der Waals surface area (Å²) in [5.41, 5.74) is 4.67. The third-order valence-electron chi connectivity index (χ3n) is 16.9. The van der Waals surface area contributed by atoms with Gasteiger partial charge < -0.3 is 0 Å². The van der Waals surface area contributed by atoms with E-state index < -0.39 is 11.9 Å². The van der Waals surface area contributed by atoms with Gasteiger partial charge in [0.25, 0.3) is 0 Å². The molecule has 6 aliphatic carbocycles. The molecule has 0 aliphatic heterocycles.